The highest BCUT2D eigenvalue weighted by Crippen LogP contribution is 2.25. The Morgan fingerprint density at radius 3 is 2.93 bits per heavy atom. The molecule has 1 aromatic carbocycles. The van der Waals surface area contributed by atoms with Gasteiger partial charge in [0.1, 0.15) is 0 Å². The van der Waals surface area contributed by atoms with E-state index in [1.807, 2.05) is 30.3 Å². The van der Waals surface area contributed by atoms with Crippen molar-refractivity contribution in [3.63, 3.8) is 0 Å². The first kappa shape index (κ1) is 9.98. The number of primary amides is 1. The molecule has 15 heavy (non-hydrogen) atoms. The van der Waals surface area contributed by atoms with E-state index in [2.05, 4.69) is 4.98 Å². The first-order valence-electron chi connectivity index (χ1n) is 4.52. The lowest BCUT2D eigenvalue weighted by molar-refractivity contribution is -0.115. The molecule has 1 heterocycles. The number of carbonyl (C=O) groups excluding carboxylic acids is 1. The van der Waals surface area contributed by atoms with E-state index in [-0.39, 0.29) is 11.7 Å². The zero-order chi connectivity index (χ0) is 10.7. The molecular formula is C11H10N2OS. The van der Waals surface area contributed by atoms with Gasteiger partial charge in [-0.3, -0.25) is 9.78 Å². The molecule has 3 nitrogen and oxygen atoms in total. The Morgan fingerprint density at radius 2 is 2.13 bits per heavy atom. The first-order valence-corrected chi connectivity index (χ1v) is 5.51. The molecule has 2 aromatic rings. The Hall–Kier alpha value is -1.55. The van der Waals surface area contributed by atoms with Gasteiger partial charge >= 0.3 is 0 Å². The van der Waals surface area contributed by atoms with Gasteiger partial charge in [0.2, 0.25) is 5.91 Å². The molecule has 0 aliphatic rings. The highest BCUT2D eigenvalue weighted by molar-refractivity contribution is 8.00. The van der Waals surface area contributed by atoms with Crippen LogP contribution in [0.2, 0.25) is 0 Å². The van der Waals surface area contributed by atoms with E-state index in [9.17, 15) is 4.79 Å². The number of fused-ring (bicyclic) bond motifs is 1. The second kappa shape index (κ2) is 4.31. The number of para-hydroxylation sites is 1. The number of nitrogens with zero attached hydrogens (tertiary/aromatic N) is 1. The molecule has 1 aromatic heterocycles. The quantitative estimate of drug-likeness (QED) is 0.799. The van der Waals surface area contributed by atoms with Crippen molar-refractivity contribution < 1.29 is 4.79 Å². The molecule has 1 amide bonds. The number of aromatic nitrogens is 1. The summed E-state index contributed by atoms with van der Waals surface area (Å²) in [5, 5.41) is 1.08. The van der Waals surface area contributed by atoms with Crippen LogP contribution in [0.25, 0.3) is 10.9 Å². The molecule has 0 fully saturated rings. The van der Waals surface area contributed by atoms with Crippen LogP contribution in [0.1, 0.15) is 0 Å². The van der Waals surface area contributed by atoms with Crippen LogP contribution in [0.3, 0.4) is 0 Å². The fourth-order valence-corrected chi connectivity index (χ4v) is 2.12. The number of amides is 1. The van der Waals surface area contributed by atoms with Crippen molar-refractivity contribution >= 4 is 28.6 Å². The maximum absolute atomic E-state index is 10.7. The van der Waals surface area contributed by atoms with Crippen molar-refractivity contribution in [1.29, 1.82) is 0 Å². The number of carbonyl (C=O) groups is 1. The van der Waals surface area contributed by atoms with Gasteiger partial charge in [-0.05, 0) is 12.1 Å². The molecule has 0 radical (unpaired) electrons. The van der Waals surface area contributed by atoms with Crippen molar-refractivity contribution in [2.24, 2.45) is 5.73 Å². The molecule has 0 bridgehead atoms. The largest absolute Gasteiger partial charge is 0.369 e. The maximum Gasteiger partial charge on any atom is 0.227 e. The Labute approximate surface area is 91.7 Å². The summed E-state index contributed by atoms with van der Waals surface area (Å²) in [6.07, 6.45) is 1.75. The molecule has 0 aliphatic carbocycles. The van der Waals surface area contributed by atoms with Crippen LogP contribution in [0.5, 0.6) is 0 Å². The predicted octanol–water partition coefficient (Wildman–Crippen LogP) is 1.81. The summed E-state index contributed by atoms with van der Waals surface area (Å²) in [6, 6.07) is 9.79. The zero-order valence-electron chi connectivity index (χ0n) is 8.01. The van der Waals surface area contributed by atoms with Crippen LogP contribution in [-0.2, 0) is 4.79 Å². The second-order valence-electron chi connectivity index (χ2n) is 3.09. The highest BCUT2D eigenvalue weighted by Gasteiger charge is 2.03. The molecule has 0 spiro atoms. The summed E-state index contributed by atoms with van der Waals surface area (Å²) in [5.41, 5.74) is 6.03. The normalized spacial score (nSPS) is 10.4. The van der Waals surface area contributed by atoms with Crippen LogP contribution < -0.4 is 5.73 Å². The maximum atomic E-state index is 10.7. The number of hydrogen-bond donors (Lipinski definition) is 1. The predicted molar refractivity (Wildman–Crippen MR) is 61.7 cm³/mol. The molecule has 4 heteroatoms. The SMILES string of the molecule is NC(=O)CSc1cccc2cccnc12. The van der Waals surface area contributed by atoms with Crippen molar-refractivity contribution in [3.8, 4) is 0 Å². The van der Waals surface area contributed by atoms with Crippen molar-refractivity contribution in [1.82, 2.24) is 4.98 Å². The Bertz CT molecular complexity index is 493. The van der Waals surface area contributed by atoms with Gasteiger partial charge in [0.25, 0.3) is 0 Å². The second-order valence-corrected chi connectivity index (χ2v) is 4.10. The Kier molecular flexibility index (Phi) is 2.87. The van der Waals surface area contributed by atoms with Crippen molar-refractivity contribution in [3.05, 3.63) is 36.5 Å². The zero-order valence-corrected chi connectivity index (χ0v) is 8.83. The van der Waals surface area contributed by atoms with E-state index in [1.165, 1.54) is 11.8 Å². The van der Waals surface area contributed by atoms with E-state index in [1.54, 1.807) is 6.20 Å². The van der Waals surface area contributed by atoms with Crippen molar-refractivity contribution in [2.75, 3.05) is 5.75 Å². The Balaban J connectivity index is 2.38. The molecule has 0 unspecified atom stereocenters. The van der Waals surface area contributed by atoms with Gasteiger partial charge in [-0.25, -0.2) is 0 Å². The van der Waals surface area contributed by atoms with Crippen LogP contribution in [0, 0.1) is 0 Å². The summed E-state index contributed by atoms with van der Waals surface area (Å²) >= 11 is 1.42. The average molecular weight is 218 g/mol. The first-order chi connectivity index (χ1) is 7.27. The molecule has 2 rings (SSSR count). The lowest BCUT2D eigenvalue weighted by Gasteiger charge is -2.03. The molecule has 0 saturated heterocycles. The van der Waals surface area contributed by atoms with Gasteiger partial charge in [0.15, 0.2) is 0 Å². The molecular weight excluding hydrogens is 208 g/mol. The summed E-state index contributed by atoms with van der Waals surface area (Å²) in [4.78, 5) is 16.0. The van der Waals surface area contributed by atoms with Gasteiger partial charge in [-0.15, -0.1) is 11.8 Å². The van der Waals surface area contributed by atoms with Gasteiger partial charge < -0.3 is 5.73 Å². The highest BCUT2D eigenvalue weighted by atomic mass is 32.2. The number of rotatable bonds is 3. The fourth-order valence-electron chi connectivity index (χ4n) is 1.34. The smallest absolute Gasteiger partial charge is 0.227 e. The van der Waals surface area contributed by atoms with E-state index in [0.717, 1.165) is 15.8 Å². The summed E-state index contributed by atoms with van der Waals surface area (Å²) in [6.45, 7) is 0. The minimum Gasteiger partial charge on any atom is -0.369 e. The standard InChI is InChI=1S/C11H10N2OS/c12-10(14)7-15-9-5-1-3-8-4-2-6-13-11(8)9/h1-6H,7H2,(H2,12,14). The van der Waals surface area contributed by atoms with Crippen molar-refractivity contribution in [2.45, 2.75) is 4.90 Å². The van der Waals surface area contributed by atoms with Gasteiger partial charge in [-0.1, -0.05) is 18.2 Å². The summed E-state index contributed by atoms with van der Waals surface area (Å²) in [5.74, 6) is -0.0247. The molecule has 76 valence electrons. The monoisotopic (exact) mass is 218 g/mol. The summed E-state index contributed by atoms with van der Waals surface area (Å²) < 4.78 is 0. The fraction of sp³-hybridized carbons (Fsp3) is 0.0909. The van der Waals surface area contributed by atoms with E-state index >= 15 is 0 Å². The van der Waals surface area contributed by atoms with Gasteiger partial charge in [0.05, 0.1) is 11.3 Å². The molecule has 0 saturated carbocycles. The number of benzene rings is 1. The topological polar surface area (TPSA) is 56.0 Å². The van der Waals surface area contributed by atoms with E-state index in [0.29, 0.717) is 0 Å². The molecule has 0 atom stereocenters. The third kappa shape index (κ3) is 2.27. The number of hydrogen-bond acceptors (Lipinski definition) is 3. The molecule has 2 N–H and O–H groups in total. The van der Waals surface area contributed by atoms with Gasteiger partial charge in [-0.2, -0.15) is 0 Å². The van der Waals surface area contributed by atoms with Crippen LogP contribution in [-0.4, -0.2) is 16.6 Å². The van der Waals surface area contributed by atoms with E-state index < -0.39 is 0 Å². The number of pyridine rings is 1. The third-order valence-corrected chi connectivity index (χ3v) is 3.03. The minimum atomic E-state index is -0.312. The van der Waals surface area contributed by atoms with Crippen LogP contribution in [0.4, 0.5) is 0 Å². The van der Waals surface area contributed by atoms with Crippen LogP contribution >= 0.6 is 11.8 Å². The lowest BCUT2D eigenvalue weighted by Crippen LogP contribution is -2.12. The number of thioether (sulfide) groups is 1. The molecule has 0 aliphatic heterocycles. The van der Waals surface area contributed by atoms with Gasteiger partial charge in [0, 0.05) is 16.5 Å². The Morgan fingerprint density at radius 1 is 1.33 bits per heavy atom. The lowest BCUT2D eigenvalue weighted by atomic mass is 10.2. The number of nitrogens with two attached hydrogens (primary N) is 1. The third-order valence-electron chi connectivity index (χ3n) is 1.97. The average Bonchev–Trinajstić information content (AvgIpc) is 2.26. The van der Waals surface area contributed by atoms with E-state index in [4.69, 9.17) is 5.73 Å². The van der Waals surface area contributed by atoms with Crippen LogP contribution in [0.15, 0.2) is 41.4 Å². The summed E-state index contributed by atoms with van der Waals surface area (Å²) in [7, 11) is 0. The minimum absolute atomic E-state index is 0.287.